The maximum Gasteiger partial charge on any atom is 0.177 e. The fourth-order valence-electron chi connectivity index (χ4n) is 0.887. The molecule has 0 amide bonds. The second-order valence-corrected chi connectivity index (χ2v) is 5.68. The van der Waals surface area contributed by atoms with Crippen molar-refractivity contribution >= 4 is 9.84 Å². The van der Waals surface area contributed by atoms with E-state index in [4.69, 9.17) is 0 Å². The van der Waals surface area contributed by atoms with Gasteiger partial charge in [0.1, 0.15) is 0 Å². The zero-order valence-electron chi connectivity index (χ0n) is 6.46. The Labute approximate surface area is 61.9 Å². The summed E-state index contributed by atoms with van der Waals surface area (Å²) < 4.78 is 21.8. The lowest BCUT2D eigenvalue weighted by atomic mass is 9.98. The molecular weight excluding hydrogens is 148 g/mol. The minimum atomic E-state index is -2.95. The highest BCUT2D eigenvalue weighted by Crippen LogP contribution is 2.34. The van der Waals surface area contributed by atoms with Gasteiger partial charge in [0, 0.05) is 5.41 Å². The molecule has 0 spiro atoms. The first-order chi connectivity index (χ1) is 4.38. The fraction of sp³-hybridized carbons (Fsp3) is 0.714. The Bertz CT molecular complexity index is 259. The van der Waals surface area contributed by atoms with Crippen LogP contribution in [-0.4, -0.2) is 13.2 Å². The minimum Gasteiger partial charge on any atom is -0.224 e. The van der Waals surface area contributed by atoms with E-state index in [1.165, 1.54) is 5.41 Å². The monoisotopic (exact) mass is 160 g/mol. The van der Waals surface area contributed by atoms with Crippen molar-refractivity contribution in [2.75, 3.05) is 0 Å². The first-order valence-corrected chi connectivity index (χ1v) is 4.85. The number of rotatable bonds is 0. The minimum absolute atomic E-state index is 0.137. The second kappa shape index (κ2) is 1.84. The van der Waals surface area contributed by atoms with E-state index in [9.17, 15) is 8.42 Å². The molecule has 0 N–H and O–H groups in total. The molecule has 0 aromatic rings. The third-order valence-electron chi connectivity index (χ3n) is 2.38. The first-order valence-electron chi connectivity index (χ1n) is 3.31. The smallest absolute Gasteiger partial charge is 0.177 e. The number of sulfone groups is 1. The molecule has 0 bridgehead atoms. The van der Waals surface area contributed by atoms with Crippen LogP contribution >= 0.6 is 0 Å². The van der Waals surface area contributed by atoms with Gasteiger partial charge in [-0.2, -0.15) is 0 Å². The maximum absolute atomic E-state index is 11.2. The third-order valence-corrected chi connectivity index (χ3v) is 4.73. The molecule has 1 aliphatic heterocycles. The number of allylic oxidation sites excluding steroid dienone is 1. The average molecular weight is 160 g/mol. The van der Waals surface area contributed by atoms with Gasteiger partial charge >= 0.3 is 0 Å². The Morgan fingerprint density at radius 2 is 1.90 bits per heavy atom. The lowest BCUT2D eigenvalue weighted by molar-refractivity contribution is 0.505. The summed E-state index contributed by atoms with van der Waals surface area (Å²) in [5.41, 5.74) is 0. The standard InChI is InChI=1S/C7H12O2S/c1-6-4-5-10(8,9)7(6,2)3/h4-6H,1-3H3. The zero-order chi connectivity index (χ0) is 7.99. The van der Waals surface area contributed by atoms with Gasteiger partial charge in [-0.25, -0.2) is 8.42 Å². The zero-order valence-corrected chi connectivity index (χ0v) is 7.27. The molecule has 0 aliphatic carbocycles. The third kappa shape index (κ3) is 0.804. The molecule has 3 heteroatoms. The lowest BCUT2D eigenvalue weighted by Crippen LogP contribution is -2.31. The highest BCUT2D eigenvalue weighted by Gasteiger charge is 2.40. The quantitative estimate of drug-likeness (QED) is 0.536. The van der Waals surface area contributed by atoms with E-state index in [2.05, 4.69) is 0 Å². The van der Waals surface area contributed by atoms with Gasteiger partial charge in [-0.05, 0) is 19.8 Å². The van der Waals surface area contributed by atoms with Crippen LogP contribution < -0.4 is 0 Å². The van der Waals surface area contributed by atoms with E-state index in [-0.39, 0.29) is 5.92 Å². The molecule has 1 aliphatic rings. The van der Waals surface area contributed by atoms with Crippen molar-refractivity contribution in [3.8, 4) is 0 Å². The molecule has 58 valence electrons. The van der Waals surface area contributed by atoms with Gasteiger partial charge in [0.15, 0.2) is 9.84 Å². The molecule has 1 heterocycles. The van der Waals surface area contributed by atoms with Crippen LogP contribution in [0.15, 0.2) is 11.5 Å². The Morgan fingerprint density at radius 1 is 1.40 bits per heavy atom. The van der Waals surface area contributed by atoms with Crippen LogP contribution in [0.25, 0.3) is 0 Å². The summed E-state index contributed by atoms with van der Waals surface area (Å²) in [6.45, 7) is 5.43. The van der Waals surface area contributed by atoms with Crippen LogP contribution in [0.4, 0.5) is 0 Å². The van der Waals surface area contributed by atoms with Crippen molar-refractivity contribution in [1.82, 2.24) is 0 Å². The summed E-state index contributed by atoms with van der Waals surface area (Å²) in [7, 11) is -2.95. The van der Waals surface area contributed by atoms with Gasteiger partial charge in [-0.15, -0.1) is 0 Å². The van der Waals surface area contributed by atoms with Crippen LogP contribution in [0.3, 0.4) is 0 Å². The molecule has 10 heavy (non-hydrogen) atoms. The van der Waals surface area contributed by atoms with Gasteiger partial charge in [0.05, 0.1) is 4.75 Å². The van der Waals surface area contributed by atoms with E-state index >= 15 is 0 Å². The average Bonchev–Trinajstić information content (AvgIpc) is 1.94. The van der Waals surface area contributed by atoms with Crippen molar-refractivity contribution in [2.45, 2.75) is 25.5 Å². The van der Waals surface area contributed by atoms with Crippen molar-refractivity contribution in [3.63, 3.8) is 0 Å². The highest BCUT2D eigenvalue weighted by atomic mass is 32.2. The summed E-state index contributed by atoms with van der Waals surface area (Å²) in [6.07, 6.45) is 1.75. The van der Waals surface area contributed by atoms with Crippen LogP contribution in [0, 0.1) is 5.92 Å². The van der Waals surface area contributed by atoms with Crippen LogP contribution in [0.2, 0.25) is 0 Å². The van der Waals surface area contributed by atoms with Crippen molar-refractivity contribution in [3.05, 3.63) is 11.5 Å². The number of hydrogen-bond donors (Lipinski definition) is 0. The van der Waals surface area contributed by atoms with Gasteiger partial charge in [-0.3, -0.25) is 0 Å². The summed E-state index contributed by atoms with van der Waals surface area (Å²) in [4.78, 5) is 0. The van der Waals surface area contributed by atoms with Gasteiger partial charge in [-0.1, -0.05) is 13.0 Å². The topological polar surface area (TPSA) is 34.1 Å². The van der Waals surface area contributed by atoms with E-state index in [1.807, 2.05) is 6.92 Å². The fourth-order valence-corrected chi connectivity index (χ4v) is 2.28. The summed E-state index contributed by atoms with van der Waals surface area (Å²) >= 11 is 0. The first kappa shape index (κ1) is 7.79. The van der Waals surface area contributed by atoms with Crippen molar-refractivity contribution < 1.29 is 8.42 Å². The van der Waals surface area contributed by atoms with Crippen molar-refractivity contribution in [1.29, 1.82) is 0 Å². The van der Waals surface area contributed by atoms with Gasteiger partial charge < -0.3 is 0 Å². The lowest BCUT2D eigenvalue weighted by Gasteiger charge is -2.21. The van der Waals surface area contributed by atoms with Crippen LogP contribution in [0.5, 0.6) is 0 Å². The molecular formula is C7H12O2S. The number of hydrogen-bond acceptors (Lipinski definition) is 2. The summed E-state index contributed by atoms with van der Waals surface area (Å²) in [5.74, 6) is 0.137. The molecule has 2 nitrogen and oxygen atoms in total. The summed E-state index contributed by atoms with van der Waals surface area (Å²) in [5, 5.41) is 1.32. The van der Waals surface area contributed by atoms with E-state index in [1.54, 1.807) is 19.9 Å². The molecule has 1 rings (SSSR count). The summed E-state index contributed by atoms with van der Waals surface area (Å²) in [6, 6.07) is 0. The SMILES string of the molecule is CC1C=CS(=O)(=O)C1(C)C. The van der Waals surface area contributed by atoms with Gasteiger partial charge in [0.25, 0.3) is 0 Å². The Morgan fingerprint density at radius 3 is 2.00 bits per heavy atom. The van der Waals surface area contributed by atoms with E-state index in [0.29, 0.717) is 0 Å². The normalized spacial score (nSPS) is 34.5. The molecule has 0 aromatic heterocycles. The van der Waals surface area contributed by atoms with Gasteiger partial charge in [0.2, 0.25) is 0 Å². The predicted octanol–water partition coefficient (Wildman–Crippen LogP) is 1.34. The molecule has 0 radical (unpaired) electrons. The van der Waals surface area contributed by atoms with Crippen LogP contribution in [-0.2, 0) is 9.84 Å². The largest absolute Gasteiger partial charge is 0.224 e. The van der Waals surface area contributed by atoms with Crippen LogP contribution in [0.1, 0.15) is 20.8 Å². The molecule has 1 atom stereocenters. The molecule has 0 aromatic carbocycles. The highest BCUT2D eigenvalue weighted by molar-refractivity contribution is 7.95. The molecule has 1 unspecified atom stereocenters. The second-order valence-electron chi connectivity index (χ2n) is 3.27. The Balaban J connectivity index is 3.19. The Hall–Kier alpha value is -0.310. The van der Waals surface area contributed by atoms with E-state index < -0.39 is 14.6 Å². The molecule has 0 fully saturated rings. The Kier molecular flexibility index (Phi) is 1.44. The maximum atomic E-state index is 11.2. The van der Waals surface area contributed by atoms with Crippen molar-refractivity contribution in [2.24, 2.45) is 5.92 Å². The van der Waals surface area contributed by atoms with E-state index in [0.717, 1.165) is 0 Å². The predicted molar refractivity (Wildman–Crippen MR) is 41.3 cm³/mol. The molecule has 0 saturated heterocycles. The molecule has 0 saturated carbocycles.